The predicted octanol–water partition coefficient (Wildman–Crippen LogP) is 3.30. The zero-order valence-electron chi connectivity index (χ0n) is 9.97. The first kappa shape index (κ1) is 14.6. The standard InChI is InChI=1S/C12H13BrF3NO2/c13-10-5-8(12(14,15)16)1-2-11(10)17-6-9-7-18-3-4-19-9/h1-2,5,9,17H,3-4,6-7H2. The van der Waals surface area contributed by atoms with E-state index in [-0.39, 0.29) is 6.10 Å². The number of hydrogen-bond acceptors (Lipinski definition) is 3. The first-order chi connectivity index (χ1) is 8.97. The molecular weight excluding hydrogens is 327 g/mol. The minimum atomic E-state index is -4.33. The van der Waals surface area contributed by atoms with Gasteiger partial charge >= 0.3 is 6.18 Å². The minimum absolute atomic E-state index is 0.0806. The van der Waals surface area contributed by atoms with E-state index < -0.39 is 11.7 Å². The maximum absolute atomic E-state index is 12.5. The molecule has 0 spiro atoms. The zero-order valence-corrected chi connectivity index (χ0v) is 11.6. The van der Waals surface area contributed by atoms with E-state index in [0.717, 1.165) is 12.1 Å². The van der Waals surface area contributed by atoms with E-state index in [2.05, 4.69) is 21.2 Å². The molecule has 0 aromatic heterocycles. The van der Waals surface area contributed by atoms with Crippen LogP contribution in [0.2, 0.25) is 0 Å². The molecule has 3 nitrogen and oxygen atoms in total. The molecule has 1 aromatic rings. The van der Waals surface area contributed by atoms with Crippen molar-refractivity contribution >= 4 is 21.6 Å². The Kier molecular flexibility index (Phi) is 4.70. The first-order valence-corrected chi connectivity index (χ1v) is 6.56. The van der Waals surface area contributed by atoms with Gasteiger partial charge in [0.2, 0.25) is 0 Å². The SMILES string of the molecule is FC(F)(F)c1ccc(NCC2COCCO2)c(Br)c1. The Labute approximate surface area is 117 Å². The summed E-state index contributed by atoms with van der Waals surface area (Å²) in [6.07, 6.45) is -4.41. The van der Waals surface area contributed by atoms with Crippen LogP contribution in [0.25, 0.3) is 0 Å². The van der Waals surface area contributed by atoms with Crippen LogP contribution in [0.3, 0.4) is 0 Å². The van der Waals surface area contributed by atoms with Gasteiger partial charge in [0.05, 0.1) is 31.5 Å². The van der Waals surface area contributed by atoms with Crippen molar-refractivity contribution < 1.29 is 22.6 Å². The molecule has 1 atom stereocenters. The summed E-state index contributed by atoms with van der Waals surface area (Å²) in [6, 6.07) is 3.50. The maximum atomic E-state index is 12.5. The quantitative estimate of drug-likeness (QED) is 0.916. The number of ether oxygens (including phenoxy) is 2. The number of benzene rings is 1. The van der Waals surface area contributed by atoms with Crippen molar-refractivity contribution in [1.82, 2.24) is 0 Å². The summed E-state index contributed by atoms with van der Waals surface area (Å²) in [5.41, 5.74) is -0.0793. The monoisotopic (exact) mass is 339 g/mol. The number of halogens is 4. The van der Waals surface area contributed by atoms with Gasteiger partial charge in [0.25, 0.3) is 0 Å². The lowest BCUT2D eigenvalue weighted by atomic mass is 10.2. The highest BCUT2D eigenvalue weighted by molar-refractivity contribution is 9.10. The van der Waals surface area contributed by atoms with Crippen molar-refractivity contribution in [3.63, 3.8) is 0 Å². The van der Waals surface area contributed by atoms with E-state index in [0.29, 0.717) is 36.5 Å². The van der Waals surface area contributed by atoms with Crippen molar-refractivity contribution in [1.29, 1.82) is 0 Å². The second-order valence-electron chi connectivity index (χ2n) is 4.14. The molecule has 1 aliphatic heterocycles. The van der Waals surface area contributed by atoms with Gasteiger partial charge in [-0.3, -0.25) is 0 Å². The van der Waals surface area contributed by atoms with Crippen LogP contribution in [0, 0.1) is 0 Å². The molecule has 2 rings (SSSR count). The van der Waals surface area contributed by atoms with Gasteiger partial charge in [-0.1, -0.05) is 0 Å². The summed E-state index contributed by atoms with van der Waals surface area (Å²) >= 11 is 3.13. The Bertz CT molecular complexity index is 433. The summed E-state index contributed by atoms with van der Waals surface area (Å²) in [5.74, 6) is 0. The van der Waals surface area contributed by atoms with Gasteiger partial charge in [0.1, 0.15) is 0 Å². The van der Waals surface area contributed by atoms with Gasteiger partial charge in [-0.15, -0.1) is 0 Å². The van der Waals surface area contributed by atoms with Gasteiger partial charge in [0, 0.05) is 16.7 Å². The Hall–Kier alpha value is -0.790. The fourth-order valence-electron chi connectivity index (χ4n) is 1.71. The van der Waals surface area contributed by atoms with Crippen molar-refractivity contribution in [2.75, 3.05) is 31.7 Å². The van der Waals surface area contributed by atoms with Gasteiger partial charge in [-0.25, -0.2) is 0 Å². The lowest BCUT2D eigenvalue weighted by molar-refractivity contribution is -0.137. The molecule has 1 saturated heterocycles. The molecule has 1 aromatic carbocycles. The van der Waals surface area contributed by atoms with E-state index >= 15 is 0 Å². The number of alkyl halides is 3. The van der Waals surface area contributed by atoms with Crippen LogP contribution in [0.4, 0.5) is 18.9 Å². The van der Waals surface area contributed by atoms with Crippen molar-refractivity contribution in [2.45, 2.75) is 12.3 Å². The summed E-state index contributed by atoms with van der Waals surface area (Å²) < 4.78 is 48.5. The van der Waals surface area contributed by atoms with E-state index in [1.165, 1.54) is 6.07 Å². The summed E-state index contributed by atoms with van der Waals surface area (Å²) in [5, 5.41) is 3.04. The molecule has 1 fully saturated rings. The average molecular weight is 340 g/mol. The highest BCUT2D eigenvalue weighted by Crippen LogP contribution is 2.33. The van der Waals surface area contributed by atoms with Crippen LogP contribution in [-0.4, -0.2) is 32.5 Å². The molecule has 1 unspecified atom stereocenters. The molecule has 0 radical (unpaired) electrons. The maximum Gasteiger partial charge on any atom is 0.416 e. The molecule has 106 valence electrons. The third-order valence-corrected chi connectivity index (χ3v) is 3.36. The van der Waals surface area contributed by atoms with Gasteiger partial charge in [-0.2, -0.15) is 13.2 Å². The molecular formula is C12H13BrF3NO2. The number of hydrogen-bond donors (Lipinski definition) is 1. The zero-order chi connectivity index (χ0) is 13.9. The highest BCUT2D eigenvalue weighted by Gasteiger charge is 2.30. The van der Waals surface area contributed by atoms with E-state index in [1.807, 2.05) is 0 Å². The van der Waals surface area contributed by atoms with Crippen LogP contribution in [0.1, 0.15) is 5.56 Å². The fraction of sp³-hybridized carbons (Fsp3) is 0.500. The topological polar surface area (TPSA) is 30.5 Å². The third-order valence-electron chi connectivity index (χ3n) is 2.70. The smallest absolute Gasteiger partial charge is 0.381 e. The fourth-order valence-corrected chi connectivity index (χ4v) is 2.23. The van der Waals surface area contributed by atoms with Crippen molar-refractivity contribution in [3.05, 3.63) is 28.2 Å². The average Bonchev–Trinajstić information content (AvgIpc) is 2.37. The van der Waals surface area contributed by atoms with Gasteiger partial charge in [-0.05, 0) is 34.1 Å². The molecule has 0 bridgehead atoms. The number of anilines is 1. The van der Waals surface area contributed by atoms with E-state index in [1.54, 1.807) is 0 Å². The normalized spacial score (nSPS) is 20.3. The van der Waals surface area contributed by atoms with Gasteiger partial charge in [0.15, 0.2) is 0 Å². The second-order valence-corrected chi connectivity index (χ2v) is 5.00. The Morgan fingerprint density at radius 3 is 2.68 bits per heavy atom. The number of rotatable bonds is 3. The van der Waals surface area contributed by atoms with Crippen LogP contribution in [0.15, 0.2) is 22.7 Å². The molecule has 0 saturated carbocycles. The Morgan fingerprint density at radius 2 is 2.11 bits per heavy atom. The van der Waals surface area contributed by atoms with Crippen LogP contribution in [0.5, 0.6) is 0 Å². The Balaban J connectivity index is 1.97. The molecule has 0 aliphatic carbocycles. The lowest BCUT2D eigenvalue weighted by Crippen LogP contribution is -2.34. The molecule has 0 amide bonds. The van der Waals surface area contributed by atoms with Crippen molar-refractivity contribution in [2.24, 2.45) is 0 Å². The molecule has 7 heteroatoms. The van der Waals surface area contributed by atoms with Crippen LogP contribution >= 0.6 is 15.9 Å². The molecule has 19 heavy (non-hydrogen) atoms. The largest absolute Gasteiger partial charge is 0.416 e. The summed E-state index contributed by atoms with van der Waals surface area (Å²) in [7, 11) is 0. The summed E-state index contributed by atoms with van der Waals surface area (Å²) in [4.78, 5) is 0. The van der Waals surface area contributed by atoms with Crippen LogP contribution in [-0.2, 0) is 15.7 Å². The van der Waals surface area contributed by atoms with E-state index in [4.69, 9.17) is 9.47 Å². The van der Waals surface area contributed by atoms with Crippen LogP contribution < -0.4 is 5.32 Å². The van der Waals surface area contributed by atoms with Crippen molar-refractivity contribution in [3.8, 4) is 0 Å². The number of nitrogens with one attached hydrogen (secondary N) is 1. The first-order valence-electron chi connectivity index (χ1n) is 5.77. The van der Waals surface area contributed by atoms with E-state index in [9.17, 15) is 13.2 Å². The van der Waals surface area contributed by atoms with Gasteiger partial charge < -0.3 is 14.8 Å². The molecule has 1 N–H and O–H groups in total. The lowest BCUT2D eigenvalue weighted by Gasteiger charge is -2.23. The molecule has 1 heterocycles. The summed E-state index contributed by atoms with van der Waals surface area (Å²) in [6.45, 7) is 2.11. The predicted molar refractivity (Wildman–Crippen MR) is 68.2 cm³/mol. The second kappa shape index (κ2) is 6.11. The Morgan fingerprint density at radius 1 is 1.32 bits per heavy atom. The third kappa shape index (κ3) is 4.09. The molecule has 1 aliphatic rings. The highest BCUT2D eigenvalue weighted by atomic mass is 79.9. The minimum Gasteiger partial charge on any atom is -0.381 e.